The van der Waals surface area contributed by atoms with E-state index < -0.39 is 17.0 Å². The van der Waals surface area contributed by atoms with Crippen molar-refractivity contribution in [3.63, 3.8) is 0 Å². The first kappa shape index (κ1) is 12.6. The van der Waals surface area contributed by atoms with E-state index in [1.54, 1.807) is 12.1 Å². The lowest BCUT2D eigenvalue weighted by atomic mass is 10.4. The average Bonchev–Trinajstić information content (AvgIpc) is 3.07. The molecule has 0 N–H and O–H groups in total. The molecule has 0 aliphatic heterocycles. The van der Waals surface area contributed by atoms with Gasteiger partial charge in [-0.1, -0.05) is 0 Å². The minimum atomic E-state index is -2.43. The third-order valence-electron chi connectivity index (χ3n) is 2.55. The minimum Gasteiger partial charge on any atom is -0.767 e. The molecule has 0 saturated heterocycles. The molecule has 0 aliphatic rings. The number of imidazole rings is 1. The van der Waals surface area contributed by atoms with Crippen LogP contribution in [0.1, 0.15) is 10.6 Å². The van der Waals surface area contributed by atoms with E-state index in [-0.39, 0.29) is 16.5 Å². The molecule has 3 aromatic heterocycles. The molecule has 0 spiro atoms. The molecule has 0 fully saturated rings. The second-order valence-corrected chi connectivity index (χ2v) is 4.68. The lowest BCUT2D eigenvalue weighted by Crippen LogP contribution is -2.08. The van der Waals surface area contributed by atoms with Crippen molar-refractivity contribution in [1.29, 1.82) is 0 Å². The summed E-state index contributed by atoms with van der Waals surface area (Å²) in [5.41, 5.74) is 0.432. The van der Waals surface area contributed by atoms with Gasteiger partial charge in [0.25, 0.3) is 0 Å². The van der Waals surface area contributed by atoms with Crippen molar-refractivity contribution in [2.45, 2.75) is 5.03 Å². The quantitative estimate of drug-likeness (QED) is 0.534. The Balaban J connectivity index is 1.94. The van der Waals surface area contributed by atoms with Crippen LogP contribution in [0.4, 0.5) is 0 Å². The zero-order chi connectivity index (χ0) is 14.1. The van der Waals surface area contributed by atoms with Gasteiger partial charge in [-0.2, -0.15) is 0 Å². The van der Waals surface area contributed by atoms with Crippen molar-refractivity contribution in [2.24, 2.45) is 0 Å². The van der Waals surface area contributed by atoms with Crippen LogP contribution in [-0.2, 0) is 11.1 Å². The maximum absolute atomic E-state index is 11.7. The van der Waals surface area contributed by atoms with Crippen LogP contribution in [0.2, 0.25) is 0 Å². The molecule has 1 atom stereocenters. The van der Waals surface area contributed by atoms with Crippen molar-refractivity contribution in [3.8, 4) is 5.75 Å². The summed E-state index contributed by atoms with van der Waals surface area (Å²) in [4.78, 5) is 15.6. The van der Waals surface area contributed by atoms with E-state index in [2.05, 4.69) is 4.98 Å². The van der Waals surface area contributed by atoms with E-state index in [0.717, 1.165) is 0 Å². The van der Waals surface area contributed by atoms with Crippen LogP contribution >= 0.6 is 0 Å². The minimum absolute atomic E-state index is 0.0177. The smallest absolute Gasteiger partial charge is 0.379 e. The fourth-order valence-corrected chi connectivity index (χ4v) is 2.12. The van der Waals surface area contributed by atoms with Gasteiger partial charge in [0.1, 0.15) is 16.4 Å². The Bertz CT molecular complexity index is 793. The van der Waals surface area contributed by atoms with Crippen molar-refractivity contribution in [3.05, 3.63) is 48.7 Å². The molecule has 102 valence electrons. The lowest BCUT2D eigenvalue weighted by Gasteiger charge is -2.06. The van der Waals surface area contributed by atoms with Crippen LogP contribution in [0, 0.1) is 0 Å². The molecule has 20 heavy (non-hydrogen) atoms. The van der Waals surface area contributed by atoms with Gasteiger partial charge in [-0.05, 0) is 35.3 Å². The molecule has 0 radical (unpaired) electrons. The molecule has 0 aliphatic carbocycles. The van der Waals surface area contributed by atoms with Crippen molar-refractivity contribution >= 4 is 22.7 Å². The Morgan fingerprint density at radius 1 is 1.40 bits per heavy atom. The number of furan rings is 1. The average molecular weight is 291 g/mol. The highest BCUT2D eigenvalue weighted by Gasteiger charge is 2.12. The number of carbonyl (C=O) groups excluding carboxylic acids is 1. The van der Waals surface area contributed by atoms with Gasteiger partial charge >= 0.3 is 5.97 Å². The van der Waals surface area contributed by atoms with Gasteiger partial charge in [0.05, 0.1) is 18.7 Å². The first-order valence-electron chi connectivity index (χ1n) is 5.47. The van der Waals surface area contributed by atoms with Gasteiger partial charge in [0, 0.05) is 0 Å². The summed E-state index contributed by atoms with van der Waals surface area (Å²) in [6.45, 7) is 0. The van der Waals surface area contributed by atoms with Gasteiger partial charge in [0.15, 0.2) is 0 Å². The molecule has 3 aromatic rings. The van der Waals surface area contributed by atoms with Crippen LogP contribution in [0.3, 0.4) is 0 Å². The molecular formula is C12H7N2O5S-. The summed E-state index contributed by atoms with van der Waals surface area (Å²) in [5.74, 6) is -0.425. The SMILES string of the molecule is O=C(Oc1ccc2ncc(S(=O)[O-])n2c1)c1ccco1. The van der Waals surface area contributed by atoms with Gasteiger partial charge in [-0.25, -0.2) is 9.78 Å². The topological polar surface area (TPSA) is 96.9 Å². The predicted octanol–water partition coefficient (Wildman–Crippen LogP) is 1.38. The normalized spacial score (nSPS) is 12.4. The van der Waals surface area contributed by atoms with Gasteiger partial charge in [-0.15, -0.1) is 0 Å². The molecule has 1 unspecified atom stereocenters. The predicted molar refractivity (Wildman–Crippen MR) is 66.0 cm³/mol. The summed E-state index contributed by atoms with van der Waals surface area (Å²) in [7, 11) is 0. The Kier molecular flexibility index (Phi) is 3.09. The van der Waals surface area contributed by atoms with E-state index in [1.807, 2.05) is 0 Å². The Morgan fingerprint density at radius 2 is 2.25 bits per heavy atom. The van der Waals surface area contributed by atoms with Crippen molar-refractivity contribution in [1.82, 2.24) is 9.38 Å². The number of esters is 1. The maximum Gasteiger partial charge on any atom is 0.379 e. The van der Waals surface area contributed by atoms with Gasteiger partial charge in [0.2, 0.25) is 5.76 Å². The maximum atomic E-state index is 11.7. The first-order valence-corrected chi connectivity index (χ1v) is 6.55. The molecular weight excluding hydrogens is 284 g/mol. The molecule has 0 saturated carbocycles. The zero-order valence-corrected chi connectivity index (χ0v) is 10.7. The van der Waals surface area contributed by atoms with E-state index in [4.69, 9.17) is 9.15 Å². The first-order chi connectivity index (χ1) is 9.65. The molecule has 0 amide bonds. The number of pyridine rings is 1. The molecule has 7 nitrogen and oxygen atoms in total. The second kappa shape index (κ2) is 4.91. The summed E-state index contributed by atoms with van der Waals surface area (Å²) >= 11 is -2.43. The third kappa shape index (κ3) is 2.22. The lowest BCUT2D eigenvalue weighted by molar-refractivity contribution is 0.0700. The molecule has 3 rings (SSSR count). The van der Waals surface area contributed by atoms with Gasteiger partial charge in [-0.3, -0.25) is 8.61 Å². The highest BCUT2D eigenvalue weighted by atomic mass is 32.2. The standard InChI is InChI=1S/C12H8N2O5S/c15-12(9-2-1-5-18-9)19-8-3-4-10-13-6-11(20(16)17)14(10)7-8/h1-7H,(H,16,17)/p-1. The zero-order valence-electron chi connectivity index (χ0n) is 9.89. The molecule has 8 heteroatoms. The van der Waals surface area contributed by atoms with E-state index in [9.17, 15) is 13.6 Å². The fourth-order valence-electron chi connectivity index (χ4n) is 1.67. The number of aromatic nitrogens is 2. The highest BCUT2D eigenvalue weighted by Crippen LogP contribution is 2.17. The molecule has 0 bridgehead atoms. The second-order valence-electron chi connectivity index (χ2n) is 3.79. The van der Waals surface area contributed by atoms with Crippen LogP contribution in [0.15, 0.2) is 52.4 Å². The number of rotatable bonds is 3. The molecule has 3 heterocycles. The third-order valence-corrected chi connectivity index (χ3v) is 3.19. The Hall–Kier alpha value is -2.45. The van der Waals surface area contributed by atoms with Gasteiger partial charge < -0.3 is 13.7 Å². The van der Waals surface area contributed by atoms with E-state index in [0.29, 0.717) is 5.65 Å². The largest absolute Gasteiger partial charge is 0.767 e. The number of hydrogen-bond donors (Lipinski definition) is 0. The number of hydrogen-bond acceptors (Lipinski definition) is 6. The fraction of sp³-hybridized carbons (Fsp3) is 0. The van der Waals surface area contributed by atoms with Crippen LogP contribution in [0.5, 0.6) is 5.75 Å². The summed E-state index contributed by atoms with van der Waals surface area (Å²) < 4.78 is 33.3. The van der Waals surface area contributed by atoms with Crippen LogP contribution in [0.25, 0.3) is 5.65 Å². The number of carbonyl (C=O) groups is 1. The summed E-state index contributed by atoms with van der Waals surface area (Å²) in [6.07, 6.45) is 3.94. The van der Waals surface area contributed by atoms with Crippen molar-refractivity contribution in [2.75, 3.05) is 0 Å². The number of nitrogens with zero attached hydrogens (tertiary/aromatic N) is 2. The monoisotopic (exact) mass is 291 g/mol. The molecule has 0 aromatic carbocycles. The van der Waals surface area contributed by atoms with Crippen LogP contribution < -0.4 is 4.74 Å². The Labute approximate surface area is 115 Å². The van der Waals surface area contributed by atoms with E-state index in [1.165, 1.54) is 35.2 Å². The summed E-state index contributed by atoms with van der Waals surface area (Å²) in [6, 6.07) is 6.09. The number of ether oxygens (including phenoxy) is 1. The van der Waals surface area contributed by atoms with E-state index >= 15 is 0 Å². The highest BCUT2D eigenvalue weighted by molar-refractivity contribution is 7.79. The van der Waals surface area contributed by atoms with Crippen LogP contribution in [-0.4, -0.2) is 24.1 Å². The van der Waals surface area contributed by atoms with Crippen molar-refractivity contribution < 1.29 is 22.7 Å². The Morgan fingerprint density at radius 3 is 2.95 bits per heavy atom. The number of fused-ring (bicyclic) bond motifs is 1. The summed E-state index contributed by atoms with van der Waals surface area (Å²) in [5, 5.41) is -0.0177.